The van der Waals surface area contributed by atoms with Gasteiger partial charge in [0.1, 0.15) is 0 Å². The third-order valence-corrected chi connectivity index (χ3v) is 5.77. The molecule has 6 rings (SSSR count). The predicted molar refractivity (Wildman–Crippen MR) is 83.6 cm³/mol. The van der Waals surface area contributed by atoms with Gasteiger partial charge in [-0.25, -0.2) is 4.98 Å². The van der Waals surface area contributed by atoms with Gasteiger partial charge in [-0.1, -0.05) is 0 Å². The lowest BCUT2D eigenvalue weighted by Gasteiger charge is -2.35. The van der Waals surface area contributed by atoms with Gasteiger partial charge < -0.3 is 14.2 Å². The molecule has 3 aliphatic heterocycles. The first kappa shape index (κ1) is 15.6. The minimum absolute atomic E-state index is 0.0227. The van der Waals surface area contributed by atoms with Crippen LogP contribution in [-0.2, 0) is 16.9 Å². The van der Waals surface area contributed by atoms with Gasteiger partial charge in [0.15, 0.2) is 22.8 Å². The van der Waals surface area contributed by atoms with Crippen LogP contribution < -0.4 is 4.90 Å². The smallest absolute Gasteiger partial charge is 0.357 e. The molecule has 2 bridgehead atoms. The molecule has 10 heteroatoms. The van der Waals surface area contributed by atoms with Crippen LogP contribution >= 0.6 is 11.6 Å². The standard InChI is InChI=1S/C15H15ClF3N5O/c1-14(15(17,18)19)12-20-9-10(23(12)2-3-25-14)21-13(16)22-11(9)24-6-7-4-8(24)5-7/h7-8H,2-6H2,1H3. The Morgan fingerprint density at radius 2 is 2.00 bits per heavy atom. The van der Waals surface area contributed by atoms with E-state index in [4.69, 9.17) is 16.3 Å². The first-order chi connectivity index (χ1) is 11.8. The molecule has 1 saturated carbocycles. The molecule has 2 aromatic heterocycles. The van der Waals surface area contributed by atoms with Crippen LogP contribution in [0.1, 0.15) is 25.6 Å². The second-order valence-corrected chi connectivity index (χ2v) is 7.44. The van der Waals surface area contributed by atoms with Gasteiger partial charge in [-0.2, -0.15) is 23.1 Å². The molecule has 134 valence electrons. The van der Waals surface area contributed by atoms with Crippen LogP contribution in [0, 0.1) is 5.92 Å². The molecule has 0 amide bonds. The van der Waals surface area contributed by atoms with Crippen molar-refractivity contribution in [1.29, 1.82) is 0 Å². The van der Waals surface area contributed by atoms with E-state index in [0.717, 1.165) is 26.3 Å². The number of hydrogen-bond donors (Lipinski definition) is 0. The average Bonchev–Trinajstić information content (AvgIpc) is 3.17. The summed E-state index contributed by atoms with van der Waals surface area (Å²) >= 11 is 6.08. The number of imidazole rings is 1. The van der Waals surface area contributed by atoms with Gasteiger partial charge in [0.05, 0.1) is 6.61 Å². The molecule has 2 saturated heterocycles. The third kappa shape index (κ3) is 1.99. The molecule has 0 spiro atoms. The number of fused-ring (bicyclic) bond motifs is 4. The number of anilines is 1. The summed E-state index contributed by atoms with van der Waals surface area (Å²) < 4.78 is 47.5. The van der Waals surface area contributed by atoms with Gasteiger partial charge in [-0.3, -0.25) is 0 Å². The average molecular weight is 374 g/mol. The van der Waals surface area contributed by atoms with Crippen molar-refractivity contribution in [3.8, 4) is 0 Å². The highest BCUT2D eigenvalue weighted by atomic mass is 35.5. The summed E-state index contributed by atoms with van der Waals surface area (Å²) in [6, 6.07) is 0.364. The molecular formula is C15H15ClF3N5O. The summed E-state index contributed by atoms with van der Waals surface area (Å²) in [5.74, 6) is 0.965. The fraction of sp³-hybridized carbons (Fsp3) is 0.667. The highest BCUT2D eigenvalue weighted by Gasteiger charge is 2.58. The van der Waals surface area contributed by atoms with Crippen LogP contribution in [0.15, 0.2) is 0 Å². The van der Waals surface area contributed by atoms with E-state index in [1.807, 2.05) is 0 Å². The molecule has 3 fully saturated rings. The van der Waals surface area contributed by atoms with E-state index in [-0.39, 0.29) is 24.3 Å². The minimum atomic E-state index is -4.58. The SMILES string of the molecule is CC1(C(F)(F)F)OCCn2c1nc1c(N3CC4CC3C4)nc(Cl)nc12. The molecule has 4 aliphatic rings. The predicted octanol–water partition coefficient (Wildman–Crippen LogP) is 2.89. The number of halogens is 4. The van der Waals surface area contributed by atoms with Crippen molar-refractivity contribution in [3.05, 3.63) is 11.1 Å². The van der Waals surface area contributed by atoms with E-state index in [9.17, 15) is 13.2 Å². The van der Waals surface area contributed by atoms with Gasteiger partial charge in [0.25, 0.3) is 0 Å². The van der Waals surface area contributed by atoms with E-state index < -0.39 is 11.8 Å². The maximum Gasteiger partial charge on any atom is 0.424 e. The fourth-order valence-corrected chi connectivity index (χ4v) is 4.30. The normalized spacial score (nSPS) is 31.3. The summed E-state index contributed by atoms with van der Waals surface area (Å²) in [6.45, 7) is 2.02. The monoisotopic (exact) mass is 373 g/mol. The molecule has 0 aromatic carbocycles. The van der Waals surface area contributed by atoms with Crippen molar-refractivity contribution in [2.45, 2.75) is 44.1 Å². The summed E-state index contributed by atoms with van der Waals surface area (Å²) in [5, 5.41) is 0.0227. The van der Waals surface area contributed by atoms with Crippen molar-refractivity contribution < 1.29 is 17.9 Å². The molecule has 1 unspecified atom stereocenters. The first-order valence-corrected chi connectivity index (χ1v) is 8.57. The number of hydrogen-bond acceptors (Lipinski definition) is 5. The molecule has 2 aromatic rings. The third-order valence-electron chi connectivity index (χ3n) is 5.60. The number of aromatic nitrogens is 4. The van der Waals surface area contributed by atoms with Crippen LogP contribution in [0.5, 0.6) is 0 Å². The van der Waals surface area contributed by atoms with Gasteiger partial charge in [-0.15, -0.1) is 0 Å². The van der Waals surface area contributed by atoms with Crippen molar-refractivity contribution in [2.24, 2.45) is 5.92 Å². The highest BCUT2D eigenvalue weighted by Crippen LogP contribution is 2.47. The zero-order valence-electron chi connectivity index (χ0n) is 13.3. The van der Waals surface area contributed by atoms with E-state index in [2.05, 4.69) is 19.9 Å². The Hall–Kier alpha value is -1.61. The van der Waals surface area contributed by atoms with Crippen molar-refractivity contribution in [2.75, 3.05) is 18.1 Å². The number of rotatable bonds is 1. The first-order valence-electron chi connectivity index (χ1n) is 8.19. The second-order valence-electron chi connectivity index (χ2n) is 7.10. The van der Waals surface area contributed by atoms with Crippen LogP contribution in [0.25, 0.3) is 11.2 Å². The Morgan fingerprint density at radius 3 is 2.64 bits per heavy atom. The van der Waals surface area contributed by atoms with Crippen molar-refractivity contribution >= 4 is 28.6 Å². The van der Waals surface area contributed by atoms with Gasteiger partial charge in [-0.05, 0) is 37.3 Å². The largest absolute Gasteiger partial charge is 0.424 e. The van der Waals surface area contributed by atoms with Crippen LogP contribution in [-0.4, -0.2) is 44.9 Å². The van der Waals surface area contributed by atoms with Crippen LogP contribution in [0.3, 0.4) is 0 Å². The number of ether oxygens (including phenoxy) is 1. The number of alkyl halides is 3. The highest BCUT2D eigenvalue weighted by molar-refractivity contribution is 6.28. The quantitative estimate of drug-likeness (QED) is 0.719. The molecule has 5 heterocycles. The lowest BCUT2D eigenvalue weighted by molar-refractivity contribution is -0.288. The van der Waals surface area contributed by atoms with Crippen LogP contribution in [0.2, 0.25) is 5.28 Å². The summed E-state index contributed by atoms with van der Waals surface area (Å²) in [7, 11) is 0. The molecular weight excluding hydrogens is 359 g/mol. The van der Waals surface area contributed by atoms with Crippen LogP contribution in [0.4, 0.5) is 19.0 Å². The topological polar surface area (TPSA) is 56.1 Å². The molecule has 0 N–H and O–H groups in total. The van der Waals surface area contributed by atoms with Crippen molar-refractivity contribution in [1.82, 2.24) is 19.5 Å². The zero-order valence-corrected chi connectivity index (χ0v) is 14.1. The molecule has 1 atom stereocenters. The van der Waals surface area contributed by atoms with Crippen molar-refractivity contribution in [3.63, 3.8) is 0 Å². The van der Waals surface area contributed by atoms with E-state index >= 15 is 0 Å². The minimum Gasteiger partial charge on any atom is -0.357 e. The van der Waals surface area contributed by atoms with E-state index in [0.29, 0.717) is 28.9 Å². The molecule has 1 aliphatic carbocycles. The Labute approximate surface area is 145 Å². The molecule has 6 nitrogen and oxygen atoms in total. The van der Waals surface area contributed by atoms with Gasteiger partial charge in [0, 0.05) is 19.1 Å². The maximum absolute atomic E-state index is 13.6. The molecule has 0 radical (unpaired) electrons. The Balaban J connectivity index is 1.74. The zero-order chi connectivity index (χ0) is 17.6. The summed E-state index contributed by atoms with van der Waals surface area (Å²) in [4.78, 5) is 14.9. The fourth-order valence-electron chi connectivity index (χ4n) is 4.14. The Morgan fingerprint density at radius 1 is 1.24 bits per heavy atom. The van der Waals surface area contributed by atoms with E-state index in [1.54, 1.807) is 0 Å². The summed E-state index contributed by atoms with van der Waals surface area (Å²) in [5.41, 5.74) is -1.76. The Kier molecular flexibility index (Phi) is 2.98. The summed E-state index contributed by atoms with van der Waals surface area (Å²) in [6.07, 6.45) is -2.42. The maximum atomic E-state index is 13.6. The lowest BCUT2D eigenvalue weighted by Crippen LogP contribution is -2.47. The van der Waals surface area contributed by atoms with E-state index in [1.165, 1.54) is 4.57 Å². The molecule has 25 heavy (non-hydrogen) atoms. The van der Waals surface area contributed by atoms with Gasteiger partial charge >= 0.3 is 6.18 Å². The Bertz CT molecular complexity index is 878. The second kappa shape index (κ2) is 4.76. The van der Waals surface area contributed by atoms with Gasteiger partial charge in [0.2, 0.25) is 10.9 Å². The number of nitrogens with zero attached hydrogens (tertiary/aromatic N) is 5. The lowest BCUT2D eigenvalue weighted by atomic mass is 9.86.